The Bertz CT molecular complexity index is 472. The van der Waals surface area contributed by atoms with E-state index >= 15 is 0 Å². The van der Waals surface area contributed by atoms with Crippen LogP contribution in [0, 0.1) is 5.82 Å². The van der Waals surface area contributed by atoms with Crippen LogP contribution in [0.2, 0.25) is 5.02 Å². The van der Waals surface area contributed by atoms with E-state index in [1.807, 2.05) is 0 Å². The van der Waals surface area contributed by atoms with Crippen molar-refractivity contribution in [1.29, 1.82) is 0 Å². The van der Waals surface area contributed by atoms with Gasteiger partial charge in [-0.3, -0.25) is 0 Å². The molecule has 0 bridgehead atoms. The van der Waals surface area contributed by atoms with Gasteiger partial charge >= 0.3 is 6.18 Å². The van der Waals surface area contributed by atoms with Gasteiger partial charge in [-0.2, -0.15) is 13.2 Å². The van der Waals surface area contributed by atoms with Crippen LogP contribution in [0.4, 0.5) is 17.6 Å². The lowest BCUT2D eigenvalue weighted by molar-refractivity contribution is -0.137. The lowest BCUT2D eigenvalue weighted by atomic mass is 9.98. The molecule has 0 radical (unpaired) electrons. The molecule has 1 aromatic carbocycles. The molecular formula is C12H13Cl2F4N. The topological polar surface area (TPSA) is 26.0 Å². The van der Waals surface area contributed by atoms with E-state index in [2.05, 4.69) is 6.58 Å². The maximum Gasteiger partial charge on any atom is 0.416 e. The first-order valence-corrected chi connectivity index (χ1v) is 5.46. The second kappa shape index (κ2) is 6.59. The molecule has 19 heavy (non-hydrogen) atoms. The van der Waals surface area contributed by atoms with Gasteiger partial charge in [0.25, 0.3) is 0 Å². The highest BCUT2D eigenvalue weighted by Gasteiger charge is 2.32. The van der Waals surface area contributed by atoms with Gasteiger partial charge < -0.3 is 5.73 Å². The van der Waals surface area contributed by atoms with Crippen LogP contribution in [-0.4, -0.2) is 0 Å². The summed E-state index contributed by atoms with van der Waals surface area (Å²) in [5.41, 5.74) is 5.03. The Hall–Kier alpha value is -0.780. The fourth-order valence-corrected chi connectivity index (χ4v) is 1.76. The molecule has 108 valence electrons. The third kappa shape index (κ3) is 4.67. The lowest BCUT2D eigenvalue weighted by Crippen LogP contribution is -2.15. The van der Waals surface area contributed by atoms with Gasteiger partial charge in [-0.15, -0.1) is 19.0 Å². The minimum atomic E-state index is -4.59. The number of alkyl halides is 3. The molecule has 1 aromatic rings. The Morgan fingerprint density at radius 3 is 2.37 bits per heavy atom. The van der Waals surface area contributed by atoms with Gasteiger partial charge in [-0.25, -0.2) is 4.39 Å². The van der Waals surface area contributed by atoms with E-state index in [1.54, 1.807) is 6.92 Å². The zero-order chi connectivity index (χ0) is 14.1. The van der Waals surface area contributed by atoms with Crippen molar-refractivity contribution in [1.82, 2.24) is 0 Å². The van der Waals surface area contributed by atoms with Crippen LogP contribution >= 0.6 is 24.0 Å². The summed E-state index contributed by atoms with van der Waals surface area (Å²) >= 11 is 5.45. The maximum atomic E-state index is 13.7. The number of halogens is 6. The van der Waals surface area contributed by atoms with Gasteiger partial charge in [0.05, 0.1) is 10.6 Å². The highest BCUT2D eigenvalue weighted by Crippen LogP contribution is 2.35. The Morgan fingerprint density at radius 2 is 1.95 bits per heavy atom. The van der Waals surface area contributed by atoms with Crippen LogP contribution in [0.5, 0.6) is 0 Å². The van der Waals surface area contributed by atoms with E-state index in [0.717, 1.165) is 0 Å². The minimum absolute atomic E-state index is 0. The molecule has 0 aliphatic rings. The molecule has 0 fully saturated rings. The van der Waals surface area contributed by atoms with Gasteiger partial charge in [0.1, 0.15) is 5.82 Å². The van der Waals surface area contributed by atoms with Crippen molar-refractivity contribution >= 4 is 24.0 Å². The van der Waals surface area contributed by atoms with Gasteiger partial charge in [0.15, 0.2) is 0 Å². The lowest BCUT2D eigenvalue weighted by Gasteiger charge is -2.16. The predicted octanol–water partition coefficient (Wildman–Crippen LogP) is 4.89. The summed E-state index contributed by atoms with van der Waals surface area (Å²) in [6.07, 6.45) is -4.40. The molecule has 1 nitrogen and oxygen atoms in total. The van der Waals surface area contributed by atoms with Crippen LogP contribution in [0.15, 0.2) is 24.3 Å². The Morgan fingerprint density at radius 1 is 1.42 bits per heavy atom. The molecule has 0 spiro atoms. The van der Waals surface area contributed by atoms with E-state index in [1.165, 1.54) is 0 Å². The van der Waals surface area contributed by atoms with Crippen molar-refractivity contribution in [3.8, 4) is 0 Å². The molecule has 0 aromatic heterocycles. The van der Waals surface area contributed by atoms with Crippen molar-refractivity contribution in [2.45, 2.75) is 25.6 Å². The van der Waals surface area contributed by atoms with Gasteiger partial charge in [0.2, 0.25) is 0 Å². The van der Waals surface area contributed by atoms with Crippen LogP contribution < -0.4 is 5.73 Å². The average molecular weight is 318 g/mol. The summed E-state index contributed by atoms with van der Waals surface area (Å²) in [6.45, 7) is 5.25. The quantitative estimate of drug-likeness (QED) is 0.623. The Kier molecular flexibility index (Phi) is 6.32. The third-order valence-electron chi connectivity index (χ3n) is 2.35. The second-order valence-electron chi connectivity index (χ2n) is 4.13. The molecule has 0 amide bonds. The van der Waals surface area contributed by atoms with Gasteiger partial charge in [-0.1, -0.05) is 17.2 Å². The first-order valence-electron chi connectivity index (χ1n) is 5.09. The van der Waals surface area contributed by atoms with E-state index in [4.69, 9.17) is 17.3 Å². The van der Waals surface area contributed by atoms with Crippen molar-refractivity contribution in [2.75, 3.05) is 0 Å². The third-order valence-corrected chi connectivity index (χ3v) is 2.63. The molecule has 0 heterocycles. The smallest absolute Gasteiger partial charge is 0.324 e. The molecule has 2 N–H and O–H groups in total. The molecule has 1 rings (SSSR count). The summed E-state index contributed by atoms with van der Waals surface area (Å²) in [6, 6.07) is 0.338. The van der Waals surface area contributed by atoms with Crippen molar-refractivity contribution in [2.24, 2.45) is 5.73 Å². The SMILES string of the molecule is C=C(C)C[C@@H](N)c1cc(C(F)(F)F)cc(Cl)c1F.Cl. The highest BCUT2D eigenvalue weighted by molar-refractivity contribution is 6.30. The van der Waals surface area contributed by atoms with Crippen LogP contribution in [0.1, 0.15) is 30.5 Å². The molecule has 0 aliphatic carbocycles. The summed E-state index contributed by atoms with van der Waals surface area (Å²) in [5.74, 6) is -0.918. The van der Waals surface area contributed by atoms with Crippen LogP contribution in [0.3, 0.4) is 0 Å². The van der Waals surface area contributed by atoms with Crippen molar-refractivity contribution < 1.29 is 17.6 Å². The summed E-state index contributed by atoms with van der Waals surface area (Å²) in [7, 11) is 0. The van der Waals surface area contributed by atoms with Gasteiger partial charge in [0, 0.05) is 11.6 Å². The number of nitrogens with two attached hydrogens (primary N) is 1. The number of rotatable bonds is 3. The fourth-order valence-electron chi connectivity index (χ4n) is 1.53. The zero-order valence-corrected chi connectivity index (χ0v) is 11.6. The molecule has 0 aliphatic heterocycles. The predicted molar refractivity (Wildman–Crippen MR) is 70.0 cm³/mol. The molecular weight excluding hydrogens is 305 g/mol. The minimum Gasteiger partial charge on any atom is -0.324 e. The summed E-state index contributed by atoms with van der Waals surface area (Å²) in [5, 5.41) is -0.586. The van der Waals surface area contributed by atoms with Crippen molar-refractivity contribution in [3.63, 3.8) is 0 Å². The molecule has 1 atom stereocenters. The average Bonchev–Trinajstić information content (AvgIpc) is 2.18. The van der Waals surface area contributed by atoms with Crippen LogP contribution in [0.25, 0.3) is 0 Å². The zero-order valence-electron chi connectivity index (χ0n) is 10.0. The number of hydrogen-bond acceptors (Lipinski definition) is 1. The summed E-state index contributed by atoms with van der Waals surface area (Å²) in [4.78, 5) is 0. The fraction of sp³-hybridized carbons (Fsp3) is 0.333. The summed E-state index contributed by atoms with van der Waals surface area (Å²) < 4.78 is 51.4. The van der Waals surface area contributed by atoms with Gasteiger partial charge in [-0.05, 0) is 25.5 Å². The largest absolute Gasteiger partial charge is 0.416 e. The highest BCUT2D eigenvalue weighted by atomic mass is 35.5. The molecule has 0 saturated carbocycles. The normalized spacial score (nSPS) is 12.8. The molecule has 0 saturated heterocycles. The number of hydrogen-bond donors (Lipinski definition) is 1. The Balaban J connectivity index is 0.00000324. The van der Waals surface area contributed by atoms with Crippen LogP contribution in [-0.2, 0) is 6.18 Å². The Labute approximate surface area is 119 Å². The van der Waals surface area contributed by atoms with E-state index in [-0.39, 0.29) is 24.4 Å². The first-order chi connectivity index (χ1) is 8.12. The van der Waals surface area contributed by atoms with E-state index in [9.17, 15) is 17.6 Å². The second-order valence-corrected chi connectivity index (χ2v) is 4.53. The molecule has 0 unspecified atom stereocenters. The molecule has 7 heteroatoms. The first kappa shape index (κ1) is 18.2. The van der Waals surface area contributed by atoms with Crippen molar-refractivity contribution in [3.05, 3.63) is 46.3 Å². The van der Waals surface area contributed by atoms with E-state index in [0.29, 0.717) is 17.7 Å². The standard InChI is InChI=1S/C12H12ClF4N.ClH/c1-6(2)3-10(18)8-4-7(12(15,16)17)5-9(13)11(8)14;/h4-5,10H,1,3,18H2,2H3;1H/t10-;/m1./s1. The monoisotopic (exact) mass is 317 g/mol. The maximum absolute atomic E-state index is 13.7. The number of benzene rings is 1. The van der Waals surface area contributed by atoms with E-state index < -0.39 is 28.6 Å².